The molecule has 4 aromatic rings. The molecule has 0 atom stereocenters. The van der Waals surface area contributed by atoms with E-state index in [0.717, 1.165) is 32.5 Å². The first-order chi connectivity index (χ1) is 16.9. The minimum absolute atomic E-state index is 0.0669. The molecule has 1 saturated heterocycles. The molecular formula is C26H28BrN4O3S+. The zero-order valence-corrected chi connectivity index (χ0v) is 21.9. The highest BCUT2D eigenvalue weighted by Gasteiger charge is 2.31. The average Bonchev–Trinajstić information content (AvgIpc) is 3.17. The third-order valence-corrected chi connectivity index (χ3v) is 9.11. The number of quaternary nitrogens is 1. The van der Waals surface area contributed by atoms with Gasteiger partial charge in [0.25, 0.3) is 5.91 Å². The molecule has 2 N–H and O–H groups in total. The van der Waals surface area contributed by atoms with Crippen LogP contribution in [0.5, 0.6) is 0 Å². The number of piperazine rings is 1. The zero-order chi connectivity index (χ0) is 24.6. The maximum Gasteiger partial charge on any atom is 0.279 e. The topological polar surface area (TPSA) is 75.8 Å². The van der Waals surface area contributed by atoms with E-state index >= 15 is 0 Å². The summed E-state index contributed by atoms with van der Waals surface area (Å²) in [5.41, 5.74) is 3.12. The third-order valence-electron chi connectivity index (χ3n) is 6.66. The number of hydrogen-bond donors (Lipinski definition) is 2. The Balaban J connectivity index is 1.23. The number of fused-ring (bicyclic) bond motifs is 3. The summed E-state index contributed by atoms with van der Waals surface area (Å²) in [4.78, 5) is 14.2. The first-order valence-corrected chi connectivity index (χ1v) is 14.0. The zero-order valence-electron chi connectivity index (χ0n) is 19.5. The molecule has 9 heteroatoms. The molecule has 1 aliphatic rings. The number of carbonyl (C=O) groups excluding carboxylic acids is 1. The van der Waals surface area contributed by atoms with Crippen LogP contribution in [0.3, 0.4) is 0 Å². The van der Waals surface area contributed by atoms with Crippen molar-refractivity contribution < 1.29 is 18.1 Å². The van der Waals surface area contributed by atoms with E-state index in [0.29, 0.717) is 37.6 Å². The Morgan fingerprint density at radius 1 is 0.971 bits per heavy atom. The lowest BCUT2D eigenvalue weighted by molar-refractivity contribution is -0.895. The predicted molar refractivity (Wildman–Crippen MR) is 142 cm³/mol. The van der Waals surface area contributed by atoms with Crippen LogP contribution < -0.4 is 10.2 Å². The molecule has 0 radical (unpaired) electrons. The number of nitrogens with zero attached hydrogens (tertiary/aromatic N) is 2. The normalized spacial score (nSPS) is 15.6. The molecule has 0 saturated carbocycles. The van der Waals surface area contributed by atoms with Crippen molar-refractivity contribution in [2.24, 2.45) is 0 Å². The maximum absolute atomic E-state index is 12.9. The Morgan fingerprint density at radius 2 is 1.66 bits per heavy atom. The fourth-order valence-corrected chi connectivity index (χ4v) is 6.59. The Labute approximate surface area is 213 Å². The number of rotatable bonds is 6. The van der Waals surface area contributed by atoms with Gasteiger partial charge in [0.2, 0.25) is 10.0 Å². The third kappa shape index (κ3) is 4.73. The van der Waals surface area contributed by atoms with E-state index in [4.69, 9.17) is 0 Å². The lowest BCUT2D eigenvalue weighted by Gasteiger charge is -2.31. The fraction of sp³-hybridized carbons (Fsp3) is 0.269. The van der Waals surface area contributed by atoms with Crippen LogP contribution in [-0.4, -0.2) is 55.9 Å². The van der Waals surface area contributed by atoms with Gasteiger partial charge >= 0.3 is 0 Å². The van der Waals surface area contributed by atoms with Crippen molar-refractivity contribution in [2.75, 3.05) is 38.0 Å². The lowest BCUT2D eigenvalue weighted by atomic mass is 10.1. The van der Waals surface area contributed by atoms with Gasteiger partial charge < -0.3 is 14.8 Å². The summed E-state index contributed by atoms with van der Waals surface area (Å²) in [7, 11) is -3.52. The summed E-state index contributed by atoms with van der Waals surface area (Å²) < 4.78 is 30.5. The highest BCUT2D eigenvalue weighted by molar-refractivity contribution is 9.10. The van der Waals surface area contributed by atoms with Crippen molar-refractivity contribution in [1.82, 2.24) is 8.87 Å². The van der Waals surface area contributed by atoms with Gasteiger partial charge in [-0.05, 0) is 55.5 Å². The molecule has 0 spiro atoms. The minimum Gasteiger partial charge on any atom is -0.341 e. The number of aryl methyl sites for hydroxylation is 1. The Morgan fingerprint density at radius 3 is 2.37 bits per heavy atom. The molecular weight excluding hydrogens is 528 g/mol. The predicted octanol–water partition coefficient (Wildman–Crippen LogP) is 3.10. The summed E-state index contributed by atoms with van der Waals surface area (Å²) in [6, 6.07) is 21.1. The summed E-state index contributed by atoms with van der Waals surface area (Å²) in [6.45, 7) is 5.28. The van der Waals surface area contributed by atoms with Crippen molar-refractivity contribution in [3.05, 3.63) is 71.2 Å². The number of carbonyl (C=O) groups is 1. The molecule has 2 heterocycles. The van der Waals surface area contributed by atoms with Gasteiger partial charge in [-0.15, -0.1) is 0 Å². The number of aromatic nitrogens is 1. The summed E-state index contributed by atoms with van der Waals surface area (Å²) in [5.74, 6) is -0.0669. The van der Waals surface area contributed by atoms with Gasteiger partial charge in [0.1, 0.15) is 0 Å². The molecule has 0 unspecified atom stereocenters. The van der Waals surface area contributed by atoms with E-state index in [1.165, 1.54) is 15.2 Å². The van der Waals surface area contributed by atoms with Gasteiger partial charge in [-0.1, -0.05) is 34.1 Å². The van der Waals surface area contributed by atoms with E-state index in [1.54, 1.807) is 24.3 Å². The molecule has 5 rings (SSSR count). The van der Waals surface area contributed by atoms with Gasteiger partial charge in [0, 0.05) is 38.5 Å². The number of sulfonamides is 1. The number of para-hydroxylation sites is 1. The smallest absolute Gasteiger partial charge is 0.279 e. The Bertz CT molecular complexity index is 1490. The standard InChI is InChI=1S/C26H27BrN4O3S/c1-2-31-24-6-4-3-5-22(24)23-17-20(9-12-25(23)31)28-26(32)18-29-13-15-30(16-14-29)35(33,34)21-10-7-19(27)8-11-21/h3-12,17H,2,13-16,18H2,1H3,(H,28,32)/p+1. The van der Waals surface area contributed by atoms with Crippen LogP contribution in [0.2, 0.25) is 0 Å². The molecule has 182 valence electrons. The maximum atomic E-state index is 12.9. The van der Waals surface area contributed by atoms with E-state index in [2.05, 4.69) is 50.9 Å². The number of hydrogen-bond acceptors (Lipinski definition) is 3. The van der Waals surface area contributed by atoms with Gasteiger partial charge in [0.05, 0.1) is 31.1 Å². The van der Waals surface area contributed by atoms with Crippen LogP contribution in [0.1, 0.15) is 6.92 Å². The highest BCUT2D eigenvalue weighted by Crippen LogP contribution is 2.31. The second-order valence-corrected chi connectivity index (χ2v) is 11.7. The quantitative estimate of drug-likeness (QED) is 0.384. The molecule has 7 nitrogen and oxygen atoms in total. The second-order valence-electron chi connectivity index (χ2n) is 8.83. The first kappa shape index (κ1) is 24.0. The lowest BCUT2D eigenvalue weighted by Crippen LogP contribution is -3.15. The molecule has 1 aliphatic heterocycles. The largest absolute Gasteiger partial charge is 0.341 e. The van der Waals surface area contributed by atoms with Gasteiger partial charge in [0.15, 0.2) is 6.54 Å². The monoisotopic (exact) mass is 555 g/mol. The van der Waals surface area contributed by atoms with Crippen LogP contribution in [0.25, 0.3) is 21.8 Å². The van der Waals surface area contributed by atoms with Crippen LogP contribution >= 0.6 is 15.9 Å². The molecule has 0 aliphatic carbocycles. The summed E-state index contributed by atoms with van der Waals surface area (Å²) in [6.07, 6.45) is 0. The van der Waals surface area contributed by atoms with Gasteiger partial charge in [-0.3, -0.25) is 4.79 Å². The second kappa shape index (κ2) is 9.73. The summed E-state index contributed by atoms with van der Waals surface area (Å²) in [5, 5.41) is 5.34. The van der Waals surface area contributed by atoms with Crippen molar-refractivity contribution in [3.8, 4) is 0 Å². The van der Waals surface area contributed by atoms with Gasteiger partial charge in [-0.2, -0.15) is 4.31 Å². The van der Waals surface area contributed by atoms with Crippen LogP contribution in [0.4, 0.5) is 5.69 Å². The minimum atomic E-state index is -3.52. The van der Waals surface area contributed by atoms with Crippen molar-refractivity contribution in [3.63, 3.8) is 0 Å². The van der Waals surface area contributed by atoms with E-state index in [1.807, 2.05) is 24.3 Å². The fourth-order valence-electron chi connectivity index (χ4n) is 4.88. The van der Waals surface area contributed by atoms with Crippen molar-refractivity contribution >= 4 is 59.4 Å². The van der Waals surface area contributed by atoms with Crippen LogP contribution in [-0.2, 0) is 21.4 Å². The van der Waals surface area contributed by atoms with E-state index < -0.39 is 10.0 Å². The SMILES string of the molecule is CCn1c2ccccc2c2cc(NC(=O)C[NH+]3CCN(S(=O)(=O)c4ccc(Br)cc4)CC3)ccc21. The molecule has 1 fully saturated rings. The number of amides is 1. The highest BCUT2D eigenvalue weighted by atomic mass is 79.9. The molecule has 3 aromatic carbocycles. The van der Waals surface area contributed by atoms with E-state index in [9.17, 15) is 13.2 Å². The number of anilines is 1. The Kier molecular flexibility index (Phi) is 6.67. The van der Waals surface area contributed by atoms with Crippen LogP contribution in [0, 0.1) is 0 Å². The number of halogens is 1. The first-order valence-electron chi connectivity index (χ1n) is 11.8. The number of benzene rings is 3. The number of nitrogens with one attached hydrogen (secondary N) is 2. The van der Waals surface area contributed by atoms with Gasteiger partial charge in [-0.25, -0.2) is 8.42 Å². The Hall–Kier alpha value is -2.72. The molecule has 1 amide bonds. The molecule has 1 aromatic heterocycles. The average molecular weight is 557 g/mol. The molecule has 35 heavy (non-hydrogen) atoms. The summed E-state index contributed by atoms with van der Waals surface area (Å²) >= 11 is 3.34. The van der Waals surface area contributed by atoms with Crippen molar-refractivity contribution in [1.29, 1.82) is 0 Å². The van der Waals surface area contributed by atoms with E-state index in [-0.39, 0.29) is 5.91 Å². The van der Waals surface area contributed by atoms with Crippen LogP contribution in [0.15, 0.2) is 76.1 Å². The van der Waals surface area contributed by atoms with Crippen molar-refractivity contribution in [2.45, 2.75) is 18.4 Å². The molecule has 0 bridgehead atoms.